The molecule has 7 heteroatoms. The van der Waals surface area contributed by atoms with E-state index in [-0.39, 0.29) is 12.5 Å². The van der Waals surface area contributed by atoms with Crippen LogP contribution in [0.1, 0.15) is 19.3 Å². The van der Waals surface area contributed by atoms with Crippen molar-refractivity contribution in [1.82, 2.24) is 4.31 Å². The minimum Gasteiger partial charge on any atom is -0.393 e. The zero-order valence-corrected chi connectivity index (χ0v) is 11.9. The van der Waals surface area contributed by atoms with E-state index < -0.39 is 32.7 Å². The van der Waals surface area contributed by atoms with Crippen LogP contribution < -0.4 is 0 Å². The van der Waals surface area contributed by atoms with Crippen LogP contribution in [-0.2, 0) is 10.0 Å². The van der Waals surface area contributed by atoms with E-state index in [1.54, 1.807) is 0 Å². The molecule has 0 bridgehead atoms. The second kappa shape index (κ2) is 5.75. The van der Waals surface area contributed by atoms with Gasteiger partial charge in [-0.15, -0.1) is 0 Å². The minimum atomic E-state index is -4.10. The Hall–Kier alpha value is -1.05. The molecule has 2 atom stereocenters. The minimum absolute atomic E-state index is 0.0967. The Morgan fingerprint density at radius 2 is 2.05 bits per heavy atom. The van der Waals surface area contributed by atoms with Crippen molar-refractivity contribution in [3.8, 4) is 0 Å². The van der Waals surface area contributed by atoms with E-state index in [0.717, 1.165) is 29.3 Å². The third-order valence-corrected chi connectivity index (χ3v) is 5.53. The maximum absolute atomic E-state index is 13.6. The molecule has 20 heavy (non-hydrogen) atoms. The number of benzene rings is 1. The van der Waals surface area contributed by atoms with Gasteiger partial charge in [-0.25, -0.2) is 21.5 Å². The fourth-order valence-corrected chi connectivity index (χ4v) is 3.80. The van der Waals surface area contributed by atoms with Gasteiger partial charge in [-0.1, -0.05) is 6.42 Å². The predicted octanol–water partition coefficient (Wildman–Crippen LogP) is 1.75. The van der Waals surface area contributed by atoms with Gasteiger partial charge in [0.2, 0.25) is 10.0 Å². The van der Waals surface area contributed by atoms with Gasteiger partial charge in [0.15, 0.2) is 0 Å². The maximum Gasteiger partial charge on any atom is 0.245 e. The lowest BCUT2D eigenvalue weighted by Crippen LogP contribution is -2.35. The summed E-state index contributed by atoms with van der Waals surface area (Å²) in [7, 11) is -2.79. The van der Waals surface area contributed by atoms with Crippen molar-refractivity contribution in [3.05, 3.63) is 29.8 Å². The van der Waals surface area contributed by atoms with Gasteiger partial charge in [0.05, 0.1) is 6.10 Å². The quantitative estimate of drug-likeness (QED) is 0.922. The molecule has 112 valence electrons. The first-order valence-corrected chi connectivity index (χ1v) is 7.86. The lowest BCUT2D eigenvalue weighted by molar-refractivity contribution is 0.123. The maximum atomic E-state index is 13.6. The number of halogens is 2. The van der Waals surface area contributed by atoms with Crippen molar-refractivity contribution in [3.63, 3.8) is 0 Å². The Kier molecular flexibility index (Phi) is 4.41. The Labute approximate surface area is 117 Å². The predicted molar refractivity (Wildman–Crippen MR) is 69.5 cm³/mol. The summed E-state index contributed by atoms with van der Waals surface area (Å²) in [4.78, 5) is -0.674. The van der Waals surface area contributed by atoms with Crippen LogP contribution in [0.4, 0.5) is 8.78 Å². The molecule has 2 unspecified atom stereocenters. The van der Waals surface area contributed by atoms with Gasteiger partial charge in [0, 0.05) is 13.6 Å². The van der Waals surface area contributed by atoms with Crippen LogP contribution in [-0.4, -0.2) is 37.5 Å². The van der Waals surface area contributed by atoms with Gasteiger partial charge in [-0.3, -0.25) is 0 Å². The fourth-order valence-electron chi connectivity index (χ4n) is 2.50. The molecule has 0 radical (unpaired) electrons. The largest absolute Gasteiger partial charge is 0.393 e. The van der Waals surface area contributed by atoms with E-state index in [1.165, 1.54) is 7.05 Å². The van der Waals surface area contributed by atoms with Crippen LogP contribution in [0, 0.1) is 17.6 Å². The molecule has 0 heterocycles. The molecule has 1 saturated carbocycles. The molecule has 0 saturated heterocycles. The van der Waals surface area contributed by atoms with E-state index in [1.807, 2.05) is 0 Å². The Bertz CT molecular complexity index is 591. The summed E-state index contributed by atoms with van der Waals surface area (Å²) in [5, 5.41) is 9.72. The van der Waals surface area contributed by atoms with Gasteiger partial charge in [0.25, 0.3) is 0 Å². The van der Waals surface area contributed by atoms with Crippen molar-refractivity contribution in [2.45, 2.75) is 30.3 Å². The topological polar surface area (TPSA) is 57.6 Å². The highest BCUT2D eigenvalue weighted by atomic mass is 32.2. The van der Waals surface area contributed by atoms with E-state index in [9.17, 15) is 22.3 Å². The van der Waals surface area contributed by atoms with Gasteiger partial charge >= 0.3 is 0 Å². The number of aliphatic hydroxyl groups is 1. The van der Waals surface area contributed by atoms with Crippen LogP contribution in [0.3, 0.4) is 0 Å². The van der Waals surface area contributed by atoms with Crippen molar-refractivity contribution in [2.75, 3.05) is 13.6 Å². The third-order valence-electron chi connectivity index (χ3n) is 3.69. The molecular formula is C13H17F2NO3S. The highest BCUT2D eigenvalue weighted by molar-refractivity contribution is 7.89. The zero-order valence-electron chi connectivity index (χ0n) is 11.1. The lowest BCUT2D eigenvalue weighted by atomic mass is 10.1. The zero-order chi connectivity index (χ0) is 14.9. The molecule has 4 nitrogen and oxygen atoms in total. The van der Waals surface area contributed by atoms with Crippen molar-refractivity contribution in [1.29, 1.82) is 0 Å². The molecule has 0 amide bonds. The highest BCUT2D eigenvalue weighted by Gasteiger charge is 2.31. The van der Waals surface area contributed by atoms with E-state index in [4.69, 9.17) is 0 Å². The molecule has 0 aromatic heterocycles. The molecular weight excluding hydrogens is 288 g/mol. The number of nitrogens with zero attached hydrogens (tertiary/aromatic N) is 1. The first-order chi connectivity index (χ1) is 9.32. The average molecular weight is 305 g/mol. The third kappa shape index (κ3) is 2.99. The molecule has 1 N–H and O–H groups in total. The second-order valence-corrected chi connectivity index (χ2v) is 7.13. The summed E-state index contributed by atoms with van der Waals surface area (Å²) in [6.45, 7) is 0.0967. The number of rotatable bonds is 4. The van der Waals surface area contributed by atoms with Crippen LogP contribution in [0.25, 0.3) is 0 Å². The van der Waals surface area contributed by atoms with Gasteiger partial charge < -0.3 is 5.11 Å². The summed E-state index contributed by atoms with van der Waals surface area (Å²) >= 11 is 0. The molecule has 1 aliphatic rings. The first kappa shape index (κ1) is 15.3. The van der Waals surface area contributed by atoms with Crippen LogP contribution >= 0.6 is 0 Å². The monoisotopic (exact) mass is 305 g/mol. The number of sulfonamides is 1. The fraction of sp³-hybridized carbons (Fsp3) is 0.538. The van der Waals surface area contributed by atoms with Crippen LogP contribution in [0.15, 0.2) is 23.1 Å². The van der Waals surface area contributed by atoms with E-state index >= 15 is 0 Å². The smallest absolute Gasteiger partial charge is 0.245 e. The van der Waals surface area contributed by atoms with E-state index in [2.05, 4.69) is 0 Å². The number of hydrogen-bond donors (Lipinski definition) is 1. The summed E-state index contributed by atoms with van der Waals surface area (Å²) in [6.07, 6.45) is 1.68. The van der Waals surface area contributed by atoms with Gasteiger partial charge in [-0.05, 0) is 37.0 Å². The molecule has 0 spiro atoms. The normalized spacial score (nSPS) is 23.4. The Morgan fingerprint density at radius 1 is 1.35 bits per heavy atom. The Balaban J connectivity index is 2.23. The molecule has 1 aliphatic carbocycles. The summed E-state index contributed by atoms with van der Waals surface area (Å²) in [5.41, 5.74) is 0. The molecule has 0 aliphatic heterocycles. The molecule has 1 aromatic carbocycles. The van der Waals surface area contributed by atoms with Crippen LogP contribution in [0.2, 0.25) is 0 Å². The molecule has 2 rings (SSSR count). The lowest BCUT2D eigenvalue weighted by Gasteiger charge is -2.23. The molecule has 1 fully saturated rings. The SMILES string of the molecule is CN(CC1CCCC1O)S(=O)(=O)c1cc(F)ccc1F. The van der Waals surface area contributed by atoms with E-state index in [0.29, 0.717) is 12.5 Å². The average Bonchev–Trinajstić information content (AvgIpc) is 2.78. The Morgan fingerprint density at radius 3 is 2.65 bits per heavy atom. The summed E-state index contributed by atoms with van der Waals surface area (Å²) < 4.78 is 52.2. The van der Waals surface area contributed by atoms with Crippen molar-refractivity contribution in [2.24, 2.45) is 5.92 Å². The van der Waals surface area contributed by atoms with Crippen molar-refractivity contribution < 1.29 is 22.3 Å². The summed E-state index contributed by atoms with van der Waals surface area (Å²) in [5.74, 6) is -1.95. The first-order valence-electron chi connectivity index (χ1n) is 6.42. The summed E-state index contributed by atoms with van der Waals surface area (Å²) in [6, 6.07) is 2.34. The number of aliphatic hydroxyl groups excluding tert-OH is 1. The van der Waals surface area contributed by atoms with Gasteiger partial charge in [0.1, 0.15) is 16.5 Å². The molecule has 1 aromatic rings. The van der Waals surface area contributed by atoms with Gasteiger partial charge in [-0.2, -0.15) is 0 Å². The highest BCUT2D eigenvalue weighted by Crippen LogP contribution is 2.28. The van der Waals surface area contributed by atoms with Crippen LogP contribution in [0.5, 0.6) is 0 Å². The second-order valence-electron chi connectivity index (χ2n) is 5.12. The van der Waals surface area contributed by atoms with Crippen molar-refractivity contribution >= 4 is 10.0 Å². The number of hydrogen-bond acceptors (Lipinski definition) is 3. The standard InChI is InChI=1S/C13H17F2NO3S/c1-16(8-9-3-2-4-12(9)17)20(18,19)13-7-10(14)5-6-11(13)15/h5-7,9,12,17H,2-4,8H2,1H3.